The molecule has 0 unspecified atom stereocenters. The summed E-state index contributed by atoms with van der Waals surface area (Å²) in [5.41, 5.74) is 0.976. The molecule has 98 valence electrons. The first-order chi connectivity index (χ1) is 8.13. The number of anilines is 1. The number of unbranched alkanes of at least 4 members (excludes halogenated alkanes) is 1. The molecule has 0 bridgehead atoms. The molecule has 0 radical (unpaired) electrons. The Kier molecular flexibility index (Phi) is 6.05. The van der Waals surface area contributed by atoms with Gasteiger partial charge in [0.25, 0.3) is 6.01 Å². The average molecular weight is 239 g/mol. The lowest BCUT2D eigenvalue weighted by Crippen LogP contribution is -2.20. The molecule has 0 aliphatic rings. The highest BCUT2D eigenvalue weighted by atomic mass is 16.4. The van der Waals surface area contributed by atoms with Gasteiger partial charge in [0, 0.05) is 20.1 Å². The van der Waals surface area contributed by atoms with Gasteiger partial charge >= 0.3 is 0 Å². The summed E-state index contributed by atoms with van der Waals surface area (Å²) in [6.45, 7) is 9.36. The fourth-order valence-electron chi connectivity index (χ4n) is 1.53. The van der Waals surface area contributed by atoms with Gasteiger partial charge in [0.05, 0.1) is 5.69 Å². The maximum atomic E-state index is 5.46. The van der Waals surface area contributed by atoms with E-state index in [1.165, 1.54) is 12.8 Å². The highest BCUT2D eigenvalue weighted by Gasteiger charge is 2.08. The minimum Gasteiger partial charge on any atom is -0.432 e. The van der Waals surface area contributed by atoms with Crippen LogP contribution in [0.4, 0.5) is 6.01 Å². The van der Waals surface area contributed by atoms with Crippen molar-refractivity contribution in [1.82, 2.24) is 10.3 Å². The normalized spacial score (nSPS) is 11.1. The minimum absolute atomic E-state index is 0.661. The van der Waals surface area contributed by atoms with E-state index in [4.69, 9.17) is 4.42 Å². The fourth-order valence-corrected chi connectivity index (χ4v) is 1.53. The molecule has 1 N–H and O–H groups in total. The molecule has 1 aromatic rings. The maximum absolute atomic E-state index is 5.46. The zero-order chi connectivity index (χ0) is 12.7. The summed E-state index contributed by atoms with van der Waals surface area (Å²) >= 11 is 0. The Morgan fingerprint density at radius 2 is 2.24 bits per heavy atom. The van der Waals surface area contributed by atoms with Crippen molar-refractivity contribution in [1.29, 1.82) is 0 Å². The molecule has 0 fully saturated rings. The summed E-state index contributed by atoms with van der Waals surface area (Å²) in [4.78, 5) is 6.52. The predicted octanol–water partition coefficient (Wildman–Crippen LogP) is 2.66. The van der Waals surface area contributed by atoms with Crippen LogP contribution in [0, 0.1) is 5.92 Å². The SMILES string of the molecule is CCCCN(C)c1nc(CNCC(C)C)co1. The van der Waals surface area contributed by atoms with Crippen LogP contribution >= 0.6 is 0 Å². The number of nitrogens with one attached hydrogen (secondary N) is 1. The van der Waals surface area contributed by atoms with Crippen LogP contribution in [-0.4, -0.2) is 25.1 Å². The van der Waals surface area contributed by atoms with Gasteiger partial charge in [0.2, 0.25) is 0 Å². The first-order valence-corrected chi connectivity index (χ1v) is 6.49. The van der Waals surface area contributed by atoms with Gasteiger partial charge in [-0.3, -0.25) is 0 Å². The molecule has 0 aliphatic carbocycles. The Hall–Kier alpha value is -1.03. The van der Waals surface area contributed by atoms with Crippen LogP contribution in [0.25, 0.3) is 0 Å². The zero-order valence-electron chi connectivity index (χ0n) is 11.5. The van der Waals surface area contributed by atoms with Gasteiger partial charge < -0.3 is 14.6 Å². The van der Waals surface area contributed by atoms with Gasteiger partial charge in [-0.05, 0) is 18.9 Å². The summed E-state index contributed by atoms with van der Waals surface area (Å²) in [6, 6.07) is 0.722. The van der Waals surface area contributed by atoms with Crippen molar-refractivity contribution in [3.05, 3.63) is 12.0 Å². The maximum Gasteiger partial charge on any atom is 0.297 e. The molecule has 17 heavy (non-hydrogen) atoms. The van der Waals surface area contributed by atoms with E-state index in [1.54, 1.807) is 6.26 Å². The first kappa shape index (κ1) is 14.0. The Labute approximate surface area is 104 Å². The largest absolute Gasteiger partial charge is 0.432 e. The smallest absolute Gasteiger partial charge is 0.297 e. The van der Waals surface area contributed by atoms with Gasteiger partial charge in [-0.1, -0.05) is 27.2 Å². The predicted molar refractivity (Wildman–Crippen MR) is 71.2 cm³/mol. The lowest BCUT2D eigenvalue weighted by atomic mass is 10.2. The van der Waals surface area contributed by atoms with Gasteiger partial charge in [-0.2, -0.15) is 4.98 Å². The fraction of sp³-hybridized carbons (Fsp3) is 0.769. The Morgan fingerprint density at radius 1 is 1.47 bits per heavy atom. The molecule has 0 aliphatic heterocycles. The van der Waals surface area contributed by atoms with Crippen LogP contribution in [0.15, 0.2) is 10.7 Å². The molecule has 0 spiro atoms. The Balaban J connectivity index is 2.36. The first-order valence-electron chi connectivity index (χ1n) is 6.49. The molecule has 0 saturated carbocycles. The molecule has 4 nitrogen and oxygen atoms in total. The molecule has 0 atom stereocenters. The van der Waals surface area contributed by atoms with Crippen molar-refractivity contribution in [2.45, 2.75) is 40.2 Å². The van der Waals surface area contributed by atoms with Crippen molar-refractivity contribution in [3.63, 3.8) is 0 Å². The third-order valence-corrected chi connectivity index (χ3v) is 2.57. The van der Waals surface area contributed by atoms with Gasteiger partial charge in [0.15, 0.2) is 0 Å². The van der Waals surface area contributed by atoms with E-state index in [1.807, 2.05) is 7.05 Å². The monoisotopic (exact) mass is 239 g/mol. The molecule has 1 heterocycles. The third kappa shape index (κ3) is 5.22. The highest BCUT2D eigenvalue weighted by molar-refractivity contribution is 5.24. The standard InChI is InChI=1S/C13H25N3O/c1-5-6-7-16(4)13-15-12(10-17-13)9-14-8-11(2)3/h10-11,14H,5-9H2,1-4H3. The highest BCUT2D eigenvalue weighted by Crippen LogP contribution is 2.12. The van der Waals surface area contributed by atoms with Crippen molar-refractivity contribution in [2.75, 3.05) is 25.0 Å². The molecule has 1 aromatic heterocycles. The van der Waals surface area contributed by atoms with Crippen molar-refractivity contribution in [3.8, 4) is 0 Å². The number of nitrogens with zero attached hydrogens (tertiary/aromatic N) is 2. The van der Waals surface area contributed by atoms with Crippen molar-refractivity contribution >= 4 is 6.01 Å². The summed E-state index contributed by atoms with van der Waals surface area (Å²) < 4.78 is 5.46. The Bertz CT molecular complexity index is 309. The van der Waals surface area contributed by atoms with Crippen LogP contribution in [0.3, 0.4) is 0 Å². The van der Waals surface area contributed by atoms with Crippen LogP contribution < -0.4 is 10.2 Å². The second-order valence-electron chi connectivity index (χ2n) is 4.92. The summed E-state index contributed by atoms with van der Waals surface area (Å²) in [7, 11) is 2.02. The number of oxazole rings is 1. The van der Waals surface area contributed by atoms with E-state index in [9.17, 15) is 0 Å². The van der Waals surface area contributed by atoms with Crippen LogP contribution in [0.5, 0.6) is 0 Å². The summed E-state index contributed by atoms with van der Waals surface area (Å²) in [6.07, 6.45) is 4.10. The summed E-state index contributed by atoms with van der Waals surface area (Å²) in [5, 5.41) is 3.36. The summed E-state index contributed by atoms with van der Waals surface area (Å²) in [5.74, 6) is 0.661. The zero-order valence-corrected chi connectivity index (χ0v) is 11.5. The molecular formula is C13H25N3O. The van der Waals surface area contributed by atoms with Crippen LogP contribution in [0.2, 0.25) is 0 Å². The molecule has 0 aromatic carbocycles. The second-order valence-corrected chi connectivity index (χ2v) is 4.92. The van der Waals surface area contributed by atoms with Gasteiger partial charge in [0.1, 0.15) is 6.26 Å². The van der Waals surface area contributed by atoms with E-state index in [0.717, 1.165) is 31.3 Å². The quantitative estimate of drug-likeness (QED) is 0.757. The number of hydrogen-bond donors (Lipinski definition) is 1. The molecular weight excluding hydrogens is 214 g/mol. The number of aromatic nitrogens is 1. The van der Waals surface area contributed by atoms with Crippen molar-refractivity contribution < 1.29 is 4.42 Å². The average Bonchev–Trinajstić information content (AvgIpc) is 2.74. The molecule has 0 saturated heterocycles. The molecule has 0 amide bonds. The molecule has 4 heteroatoms. The van der Waals surface area contributed by atoms with E-state index < -0.39 is 0 Å². The minimum atomic E-state index is 0.661. The van der Waals surface area contributed by atoms with Gasteiger partial charge in [-0.15, -0.1) is 0 Å². The van der Waals surface area contributed by atoms with E-state index in [0.29, 0.717) is 5.92 Å². The Morgan fingerprint density at radius 3 is 2.88 bits per heavy atom. The van der Waals surface area contributed by atoms with Crippen LogP contribution in [0.1, 0.15) is 39.3 Å². The van der Waals surface area contributed by atoms with E-state index >= 15 is 0 Å². The number of rotatable bonds is 8. The number of hydrogen-bond acceptors (Lipinski definition) is 4. The van der Waals surface area contributed by atoms with E-state index in [-0.39, 0.29) is 0 Å². The van der Waals surface area contributed by atoms with Gasteiger partial charge in [-0.25, -0.2) is 0 Å². The molecule has 1 rings (SSSR count). The lowest BCUT2D eigenvalue weighted by Gasteiger charge is -2.12. The second kappa shape index (κ2) is 7.33. The van der Waals surface area contributed by atoms with Crippen LogP contribution in [-0.2, 0) is 6.54 Å². The topological polar surface area (TPSA) is 41.3 Å². The third-order valence-electron chi connectivity index (χ3n) is 2.57. The van der Waals surface area contributed by atoms with Crippen molar-refractivity contribution in [2.24, 2.45) is 5.92 Å². The van der Waals surface area contributed by atoms with E-state index in [2.05, 4.69) is 36.0 Å². The lowest BCUT2D eigenvalue weighted by molar-refractivity contribution is 0.533.